The molecule has 0 spiro atoms. The molecule has 8 nitrogen and oxygen atoms in total. The van der Waals surface area contributed by atoms with Crippen LogP contribution in [0.15, 0.2) is 24.7 Å². The molecular formula is C15H22N6O2. The van der Waals surface area contributed by atoms with Gasteiger partial charge in [0.15, 0.2) is 0 Å². The molecule has 2 rings (SSSR count). The van der Waals surface area contributed by atoms with E-state index < -0.39 is 6.09 Å². The van der Waals surface area contributed by atoms with Crippen molar-refractivity contribution in [3.8, 4) is 11.3 Å². The number of anilines is 1. The van der Waals surface area contributed by atoms with E-state index in [0.717, 1.165) is 11.3 Å². The summed E-state index contributed by atoms with van der Waals surface area (Å²) >= 11 is 0. The van der Waals surface area contributed by atoms with Crippen LogP contribution in [0.1, 0.15) is 26.8 Å². The number of alkyl carbamates (subject to hydrolysis) is 1. The summed E-state index contributed by atoms with van der Waals surface area (Å²) in [6.45, 7) is 6.49. The Labute approximate surface area is 135 Å². The van der Waals surface area contributed by atoms with Gasteiger partial charge in [-0.15, -0.1) is 0 Å². The van der Waals surface area contributed by atoms with Gasteiger partial charge >= 0.3 is 6.09 Å². The fourth-order valence-electron chi connectivity index (χ4n) is 1.91. The van der Waals surface area contributed by atoms with Crippen molar-refractivity contribution in [3.05, 3.63) is 24.7 Å². The van der Waals surface area contributed by atoms with Crippen LogP contribution in [0.2, 0.25) is 0 Å². The molecule has 124 valence electrons. The highest BCUT2D eigenvalue weighted by Crippen LogP contribution is 2.18. The number of carbonyl (C=O) groups excluding carboxylic acids is 1. The van der Waals surface area contributed by atoms with Gasteiger partial charge in [0.05, 0.1) is 19.0 Å². The molecule has 1 atom stereocenters. The number of carbonyl (C=O) groups is 1. The fraction of sp³-hybridized carbons (Fsp3) is 0.467. The maximum absolute atomic E-state index is 11.1. The SMILES string of the molecule is COC(=O)NC(C)CNc1nccc(-c2cnn(C(C)C)c2)n1. The fourth-order valence-corrected chi connectivity index (χ4v) is 1.91. The lowest BCUT2D eigenvalue weighted by Gasteiger charge is -2.13. The van der Waals surface area contributed by atoms with Crippen LogP contribution in [0.5, 0.6) is 0 Å². The van der Waals surface area contributed by atoms with Crippen LogP contribution in [0, 0.1) is 0 Å². The van der Waals surface area contributed by atoms with Crippen molar-refractivity contribution >= 4 is 12.0 Å². The van der Waals surface area contributed by atoms with Gasteiger partial charge in [0.2, 0.25) is 5.95 Å². The number of nitrogens with one attached hydrogen (secondary N) is 2. The molecule has 2 aromatic heterocycles. The first-order valence-electron chi connectivity index (χ1n) is 7.45. The van der Waals surface area contributed by atoms with E-state index in [-0.39, 0.29) is 6.04 Å². The molecule has 0 fully saturated rings. The Balaban J connectivity index is 2.00. The second kappa shape index (κ2) is 7.57. The first kappa shape index (κ1) is 16.7. The average molecular weight is 318 g/mol. The summed E-state index contributed by atoms with van der Waals surface area (Å²) in [4.78, 5) is 19.8. The van der Waals surface area contributed by atoms with Gasteiger partial charge in [0.1, 0.15) is 0 Å². The number of hydrogen-bond acceptors (Lipinski definition) is 6. The zero-order valence-corrected chi connectivity index (χ0v) is 13.8. The van der Waals surface area contributed by atoms with Gasteiger partial charge in [-0.05, 0) is 26.8 Å². The summed E-state index contributed by atoms with van der Waals surface area (Å²) in [7, 11) is 1.33. The molecule has 0 aliphatic rings. The molecule has 1 unspecified atom stereocenters. The number of nitrogens with zero attached hydrogens (tertiary/aromatic N) is 4. The minimum Gasteiger partial charge on any atom is -0.453 e. The number of hydrogen-bond donors (Lipinski definition) is 2. The summed E-state index contributed by atoms with van der Waals surface area (Å²) in [5.74, 6) is 0.498. The van der Waals surface area contributed by atoms with Crippen molar-refractivity contribution in [2.24, 2.45) is 0 Å². The molecule has 0 aromatic carbocycles. The molecule has 0 saturated heterocycles. The Kier molecular flexibility index (Phi) is 5.51. The lowest BCUT2D eigenvalue weighted by molar-refractivity contribution is 0.168. The van der Waals surface area contributed by atoms with Crippen LogP contribution in [-0.2, 0) is 4.74 Å². The molecule has 2 N–H and O–H groups in total. The molecule has 0 aliphatic carbocycles. The standard InChI is InChI=1S/C15H22N6O2/c1-10(2)21-9-12(8-18-21)13-5-6-16-14(20-13)17-7-11(3)19-15(22)23-4/h5-6,8-11H,7H2,1-4H3,(H,19,22)(H,16,17,20). The largest absolute Gasteiger partial charge is 0.453 e. The van der Waals surface area contributed by atoms with Crippen molar-refractivity contribution in [3.63, 3.8) is 0 Å². The minimum atomic E-state index is -0.463. The predicted octanol–water partition coefficient (Wildman–Crippen LogP) is 2.08. The van der Waals surface area contributed by atoms with E-state index >= 15 is 0 Å². The van der Waals surface area contributed by atoms with Crippen molar-refractivity contribution in [2.75, 3.05) is 19.0 Å². The summed E-state index contributed by atoms with van der Waals surface area (Å²) in [6, 6.07) is 2.02. The van der Waals surface area contributed by atoms with Crippen molar-refractivity contribution in [2.45, 2.75) is 32.9 Å². The molecule has 23 heavy (non-hydrogen) atoms. The summed E-state index contributed by atoms with van der Waals surface area (Å²) < 4.78 is 6.43. The zero-order chi connectivity index (χ0) is 16.8. The first-order valence-corrected chi connectivity index (χ1v) is 7.45. The second-order valence-electron chi connectivity index (χ2n) is 5.49. The third-order valence-corrected chi connectivity index (χ3v) is 3.20. The lowest BCUT2D eigenvalue weighted by Crippen LogP contribution is -2.37. The number of rotatable bonds is 6. The number of aromatic nitrogens is 4. The van der Waals surface area contributed by atoms with Gasteiger partial charge in [-0.2, -0.15) is 5.10 Å². The van der Waals surface area contributed by atoms with Gasteiger partial charge < -0.3 is 15.4 Å². The third-order valence-electron chi connectivity index (χ3n) is 3.20. The Morgan fingerprint density at radius 3 is 2.83 bits per heavy atom. The highest BCUT2D eigenvalue weighted by atomic mass is 16.5. The van der Waals surface area contributed by atoms with Gasteiger partial charge in [-0.1, -0.05) is 0 Å². The first-order chi connectivity index (χ1) is 11.0. The van der Waals surface area contributed by atoms with Crippen LogP contribution in [0.4, 0.5) is 10.7 Å². The molecule has 1 amide bonds. The van der Waals surface area contributed by atoms with E-state index in [1.807, 2.05) is 23.9 Å². The van der Waals surface area contributed by atoms with E-state index in [9.17, 15) is 4.79 Å². The van der Waals surface area contributed by atoms with Gasteiger partial charge in [0, 0.05) is 36.6 Å². The molecule has 2 aromatic rings. The average Bonchev–Trinajstić information content (AvgIpc) is 3.03. The van der Waals surface area contributed by atoms with Gasteiger partial charge in [0.25, 0.3) is 0 Å². The van der Waals surface area contributed by atoms with E-state index in [4.69, 9.17) is 0 Å². The minimum absolute atomic E-state index is 0.113. The number of methoxy groups -OCH3 is 1. The monoisotopic (exact) mass is 318 g/mol. The Morgan fingerprint density at radius 1 is 1.39 bits per heavy atom. The van der Waals surface area contributed by atoms with E-state index in [2.05, 4.69) is 44.3 Å². The molecule has 0 saturated carbocycles. The van der Waals surface area contributed by atoms with Crippen molar-refractivity contribution < 1.29 is 9.53 Å². The Bertz CT molecular complexity index is 655. The Hall–Kier alpha value is -2.64. The molecular weight excluding hydrogens is 296 g/mol. The quantitative estimate of drug-likeness (QED) is 0.847. The van der Waals surface area contributed by atoms with Crippen LogP contribution in [-0.4, -0.2) is 45.5 Å². The van der Waals surface area contributed by atoms with Crippen LogP contribution in [0.3, 0.4) is 0 Å². The van der Waals surface area contributed by atoms with Crippen LogP contribution < -0.4 is 10.6 Å². The third kappa shape index (κ3) is 4.67. The molecule has 2 heterocycles. The van der Waals surface area contributed by atoms with Gasteiger partial charge in [-0.3, -0.25) is 4.68 Å². The summed E-state index contributed by atoms with van der Waals surface area (Å²) in [5, 5.41) is 10.1. The second-order valence-corrected chi connectivity index (χ2v) is 5.49. The van der Waals surface area contributed by atoms with E-state index in [1.165, 1.54) is 7.11 Å². The van der Waals surface area contributed by atoms with E-state index in [1.54, 1.807) is 12.4 Å². The van der Waals surface area contributed by atoms with Gasteiger partial charge in [-0.25, -0.2) is 14.8 Å². The predicted molar refractivity (Wildman–Crippen MR) is 87.1 cm³/mol. The summed E-state index contributed by atoms with van der Waals surface area (Å²) in [6.07, 6.45) is 4.97. The normalized spacial score (nSPS) is 12.0. The molecule has 0 bridgehead atoms. The van der Waals surface area contributed by atoms with Crippen molar-refractivity contribution in [1.29, 1.82) is 0 Å². The molecule has 0 radical (unpaired) electrons. The maximum Gasteiger partial charge on any atom is 0.407 e. The van der Waals surface area contributed by atoms with Crippen LogP contribution >= 0.6 is 0 Å². The highest BCUT2D eigenvalue weighted by Gasteiger charge is 2.09. The topological polar surface area (TPSA) is 94.0 Å². The van der Waals surface area contributed by atoms with Crippen LogP contribution in [0.25, 0.3) is 11.3 Å². The Morgan fingerprint density at radius 2 is 2.17 bits per heavy atom. The molecule has 8 heteroatoms. The smallest absolute Gasteiger partial charge is 0.407 e. The number of ether oxygens (including phenoxy) is 1. The maximum atomic E-state index is 11.1. The summed E-state index contributed by atoms with van der Waals surface area (Å²) in [5.41, 5.74) is 1.73. The van der Waals surface area contributed by atoms with E-state index in [0.29, 0.717) is 18.5 Å². The zero-order valence-electron chi connectivity index (χ0n) is 13.8. The molecule has 0 aliphatic heterocycles. The highest BCUT2D eigenvalue weighted by molar-refractivity contribution is 5.67. The number of amides is 1. The van der Waals surface area contributed by atoms with Crippen molar-refractivity contribution in [1.82, 2.24) is 25.1 Å². The lowest BCUT2D eigenvalue weighted by atomic mass is 10.2.